The predicted molar refractivity (Wildman–Crippen MR) is 139 cm³/mol. The van der Waals surface area contributed by atoms with Gasteiger partial charge in [-0.3, -0.25) is 4.79 Å². The third-order valence-electron chi connectivity index (χ3n) is 5.98. The molecule has 4 heteroatoms. The summed E-state index contributed by atoms with van der Waals surface area (Å²) in [6, 6.07) is 20.6. The number of rotatable bonds is 8. The van der Waals surface area contributed by atoms with E-state index in [0.717, 1.165) is 39.7 Å². The van der Waals surface area contributed by atoms with Crippen LogP contribution in [0.5, 0.6) is 5.75 Å². The van der Waals surface area contributed by atoms with Crippen LogP contribution >= 0.6 is 0 Å². The average molecular weight is 454 g/mol. The molecule has 0 aliphatic carbocycles. The number of ether oxygens (including phenoxy) is 1. The van der Waals surface area contributed by atoms with E-state index in [2.05, 4.69) is 55.6 Å². The summed E-state index contributed by atoms with van der Waals surface area (Å²) in [7, 11) is 0. The summed E-state index contributed by atoms with van der Waals surface area (Å²) in [5.41, 5.74) is 8.30. The van der Waals surface area contributed by atoms with Crippen LogP contribution in [0.25, 0.3) is 27.7 Å². The van der Waals surface area contributed by atoms with Crippen molar-refractivity contribution in [3.8, 4) is 16.9 Å². The summed E-state index contributed by atoms with van der Waals surface area (Å²) in [6.45, 7) is 9.21. The minimum atomic E-state index is -0.113. The Morgan fingerprint density at radius 3 is 2.56 bits per heavy atom. The summed E-state index contributed by atoms with van der Waals surface area (Å²) in [6.07, 6.45) is 4.24. The minimum Gasteiger partial charge on any atom is -0.493 e. The van der Waals surface area contributed by atoms with Gasteiger partial charge in [-0.2, -0.15) is 0 Å². The highest BCUT2D eigenvalue weighted by molar-refractivity contribution is 6.00. The predicted octanol–water partition coefficient (Wildman–Crippen LogP) is 6.88. The summed E-state index contributed by atoms with van der Waals surface area (Å²) in [5.74, 6) is 0.597. The summed E-state index contributed by atoms with van der Waals surface area (Å²) < 4.78 is 11.8. The van der Waals surface area contributed by atoms with Gasteiger partial charge in [0.25, 0.3) is 0 Å². The van der Waals surface area contributed by atoms with Gasteiger partial charge >= 0.3 is 0 Å². The van der Waals surface area contributed by atoms with Gasteiger partial charge in [0, 0.05) is 35.2 Å². The SMILES string of the molecule is CCOc1cc2occ(-c3ccc(C)cc3C)c2cc1/C(C)=C/C(=O)NCCc1ccccc1. The maximum absolute atomic E-state index is 12.6. The molecular weight excluding hydrogens is 422 g/mol. The Kier molecular flexibility index (Phi) is 7.17. The van der Waals surface area contributed by atoms with Crippen LogP contribution < -0.4 is 10.1 Å². The molecule has 1 aromatic heterocycles. The van der Waals surface area contributed by atoms with Crippen LogP contribution in [-0.4, -0.2) is 19.1 Å². The normalized spacial score (nSPS) is 11.6. The lowest BCUT2D eigenvalue weighted by molar-refractivity contribution is -0.116. The second-order valence-corrected chi connectivity index (χ2v) is 8.60. The zero-order valence-electron chi connectivity index (χ0n) is 20.3. The number of carbonyl (C=O) groups is 1. The summed E-state index contributed by atoms with van der Waals surface area (Å²) in [4.78, 5) is 12.6. The Morgan fingerprint density at radius 2 is 1.82 bits per heavy atom. The van der Waals surface area contributed by atoms with Crippen molar-refractivity contribution in [1.29, 1.82) is 0 Å². The molecule has 0 aliphatic rings. The fourth-order valence-corrected chi connectivity index (χ4v) is 4.26. The van der Waals surface area contributed by atoms with E-state index in [0.29, 0.717) is 18.9 Å². The van der Waals surface area contributed by atoms with Crippen molar-refractivity contribution >= 4 is 22.4 Å². The van der Waals surface area contributed by atoms with Gasteiger partial charge in [0.05, 0.1) is 12.9 Å². The lowest BCUT2D eigenvalue weighted by Crippen LogP contribution is -2.23. The number of allylic oxidation sites excluding steroid dienone is 1. The van der Waals surface area contributed by atoms with Crippen LogP contribution in [0.2, 0.25) is 0 Å². The van der Waals surface area contributed by atoms with Crippen LogP contribution in [0.3, 0.4) is 0 Å². The van der Waals surface area contributed by atoms with Gasteiger partial charge in [-0.05, 0) is 62.4 Å². The highest BCUT2D eigenvalue weighted by atomic mass is 16.5. The number of furan rings is 1. The van der Waals surface area contributed by atoms with Crippen LogP contribution in [-0.2, 0) is 11.2 Å². The molecule has 0 saturated heterocycles. The molecule has 1 heterocycles. The zero-order valence-corrected chi connectivity index (χ0v) is 20.3. The molecule has 34 heavy (non-hydrogen) atoms. The molecule has 3 aromatic carbocycles. The maximum atomic E-state index is 12.6. The van der Waals surface area contributed by atoms with Gasteiger partial charge < -0.3 is 14.5 Å². The largest absolute Gasteiger partial charge is 0.493 e. The fraction of sp³-hybridized carbons (Fsp3) is 0.233. The number of aryl methyl sites for hydroxylation is 2. The smallest absolute Gasteiger partial charge is 0.244 e. The molecule has 1 amide bonds. The minimum absolute atomic E-state index is 0.113. The van der Waals surface area contributed by atoms with Gasteiger partial charge in [-0.1, -0.05) is 54.1 Å². The Hall–Kier alpha value is -3.79. The molecular formula is C30H31NO3. The quantitative estimate of drug-likeness (QED) is 0.296. The third kappa shape index (κ3) is 5.23. The van der Waals surface area contributed by atoms with Gasteiger partial charge in [-0.25, -0.2) is 0 Å². The van der Waals surface area contributed by atoms with Gasteiger partial charge in [0.15, 0.2) is 0 Å². The maximum Gasteiger partial charge on any atom is 0.244 e. The lowest BCUT2D eigenvalue weighted by Gasteiger charge is -2.12. The van der Waals surface area contributed by atoms with Crippen molar-refractivity contribution in [2.45, 2.75) is 34.1 Å². The second-order valence-electron chi connectivity index (χ2n) is 8.60. The molecule has 4 nitrogen and oxygen atoms in total. The van der Waals surface area contributed by atoms with Crippen molar-refractivity contribution in [3.63, 3.8) is 0 Å². The molecule has 0 saturated carbocycles. The molecule has 0 fully saturated rings. The van der Waals surface area contributed by atoms with E-state index in [1.165, 1.54) is 16.7 Å². The standard InChI is InChI=1S/C30H31NO3/c1-5-33-28-18-29-26(27(19-34-29)24-12-11-20(2)15-21(24)3)17-25(28)22(4)16-30(32)31-14-13-23-9-7-6-8-10-23/h6-12,15-19H,5,13-14H2,1-4H3,(H,31,32)/b22-16+. The van der Waals surface area contributed by atoms with Crippen LogP contribution in [0.4, 0.5) is 0 Å². The first-order valence-electron chi connectivity index (χ1n) is 11.7. The van der Waals surface area contributed by atoms with Crippen LogP contribution in [0.1, 0.15) is 36.1 Å². The molecule has 1 N–H and O–H groups in total. The van der Waals surface area contributed by atoms with Crippen molar-refractivity contribution in [1.82, 2.24) is 5.32 Å². The molecule has 4 aromatic rings. The van der Waals surface area contributed by atoms with E-state index in [1.807, 2.05) is 38.1 Å². The summed E-state index contributed by atoms with van der Waals surface area (Å²) in [5, 5.41) is 3.99. The van der Waals surface area contributed by atoms with Crippen molar-refractivity contribution in [2.75, 3.05) is 13.2 Å². The number of amides is 1. The topological polar surface area (TPSA) is 51.5 Å². The van der Waals surface area contributed by atoms with Gasteiger partial charge in [-0.15, -0.1) is 0 Å². The van der Waals surface area contributed by atoms with Gasteiger partial charge in [0.2, 0.25) is 5.91 Å². The second kappa shape index (κ2) is 10.4. The number of benzene rings is 3. The third-order valence-corrected chi connectivity index (χ3v) is 5.98. The first-order chi connectivity index (χ1) is 16.5. The fourth-order valence-electron chi connectivity index (χ4n) is 4.26. The van der Waals surface area contributed by atoms with Crippen molar-refractivity contribution in [3.05, 3.63) is 95.3 Å². The van der Waals surface area contributed by atoms with E-state index in [9.17, 15) is 4.79 Å². The number of nitrogens with one attached hydrogen (secondary N) is 1. The molecule has 0 radical (unpaired) electrons. The molecule has 0 atom stereocenters. The monoisotopic (exact) mass is 453 g/mol. The lowest BCUT2D eigenvalue weighted by atomic mass is 9.96. The van der Waals surface area contributed by atoms with Crippen LogP contribution in [0, 0.1) is 13.8 Å². The Balaban J connectivity index is 1.62. The van der Waals surface area contributed by atoms with E-state index in [4.69, 9.17) is 9.15 Å². The highest BCUT2D eigenvalue weighted by Gasteiger charge is 2.16. The summed E-state index contributed by atoms with van der Waals surface area (Å²) >= 11 is 0. The van der Waals surface area contributed by atoms with Gasteiger partial charge in [0.1, 0.15) is 11.3 Å². The molecule has 0 bridgehead atoms. The van der Waals surface area contributed by atoms with E-state index in [-0.39, 0.29) is 5.91 Å². The Labute approximate surface area is 201 Å². The van der Waals surface area contributed by atoms with Crippen molar-refractivity contribution in [2.24, 2.45) is 0 Å². The first-order valence-corrected chi connectivity index (χ1v) is 11.7. The van der Waals surface area contributed by atoms with E-state index in [1.54, 1.807) is 12.3 Å². The van der Waals surface area contributed by atoms with Crippen LogP contribution in [0.15, 0.2) is 77.4 Å². The number of fused-ring (bicyclic) bond motifs is 1. The first kappa shape index (κ1) is 23.4. The Morgan fingerprint density at radius 1 is 1.03 bits per heavy atom. The number of carbonyl (C=O) groups excluding carboxylic acids is 1. The molecule has 4 rings (SSSR count). The average Bonchev–Trinajstić information content (AvgIpc) is 3.22. The molecule has 0 aliphatic heterocycles. The Bertz CT molecular complexity index is 1330. The molecule has 0 unspecified atom stereocenters. The molecule has 174 valence electrons. The molecule has 0 spiro atoms. The number of hydrogen-bond acceptors (Lipinski definition) is 3. The zero-order chi connectivity index (χ0) is 24.1. The van der Waals surface area contributed by atoms with Crippen molar-refractivity contribution < 1.29 is 13.9 Å². The van der Waals surface area contributed by atoms with E-state index >= 15 is 0 Å². The highest BCUT2D eigenvalue weighted by Crippen LogP contribution is 2.38. The number of hydrogen-bond donors (Lipinski definition) is 1. The van der Waals surface area contributed by atoms with E-state index < -0.39 is 0 Å².